The molecule has 0 bridgehead atoms. The molecule has 6 aromatic rings. The number of imidazole rings is 3. The number of hydrogen-bond acceptors (Lipinski definition) is 18. The number of ether oxygens (including phenoxy) is 4. The van der Waals surface area contributed by atoms with Gasteiger partial charge in [0.1, 0.15) is 29.0 Å². The zero-order chi connectivity index (χ0) is 47.6. The Kier molecular flexibility index (Phi) is 32.2. The van der Waals surface area contributed by atoms with Gasteiger partial charge in [0.15, 0.2) is 34.4 Å². The SMILES string of the molecule is C.CCCCN.CCCCNc1nc(N)c2ncn(C3CCCCO3)c2n1.CCCCOc1nc(N)c2[nH]c(OC)nc2n1.Nc1nc(Cl)nc2c1ncn2C1CCCCO1.[B]CI.[CH2-]I.[V]. The summed E-state index contributed by atoms with van der Waals surface area (Å²) in [6.45, 7) is 10.2. The second kappa shape index (κ2) is 34.9. The maximum Gasteiger partial charge on any atom is 0.320 e. The average molecular weight is 1210 g/mol. The molecule has 0 amide bonds. The molecule has 8 heterocycles. The van der Waals surface area contributed by atoms with Crippen molar-refractivity contribution >= 4 is 122 Å². The summed E-state index contributed by atoms with van der Waals surface area (Å²) in [5.41, 5.74) is 26.3. The summed E-state index contributed by atoms with van der Waals surface area (Å²) in [4.78, 5) is 43.8. The number of nitrogens with one attached hydrogen (secondary N) is 2. The molecule has 2 fully saturated rings. The number of unbranched alkanes of at least 4 members (excludes halogenated alkanes) is 3. The summed E-state index contributed by atoms with van der Waals surface area (Å²) in [6, 6.07) is 0.601. The normalized spacial score (nSPS) is 14.9. The van der Waals surface area contributed by atoms with E-state index in [-0.39, 0.29) is 49.7 Å². The molecule has 2 aliphatic heterocycles. The monoisotopic (exact) mass is 1210 g/mol. The topological polar surface area (TPSA) is 295 Å². The Morgan fingerprint density at radius 1 is 0.821 bits per heavy atom. The van der Waals surface area contributed by atoms with Gasteiger partial charge in [-0.15, -0.1) is 0 Å². The van der Waals surface area contributed by atoms with E-state index in [0.717, 1.165) is 100 Å². The number of anilines is 4. The van der Waals surface area contributed by atoms with E-state index < -0.39 is 0 Å². The molecule has 371 valence electrons. The molecular weight excluding hydrogens is 1150 g/mol. The predicted octanol–water partition coefficient (Wildman–Crippen LogP) is 8.34. The van der Waals surface area contributed by atoms with Gasteiger partial charge in [0.2, 0.25) is 11.2 Å². The molecule has 8 rings (SSSR count). The fourth-order valence-electron chi connectivity index (χ4n) is 6.16. The van der Waals surface area contributed by atoms with Gasteiger partial charge in [-0.3, -0.25) is 14.1 Å². The Hall–Kier alpha value is -3.27. The Bertz CT molecular complexity index is 2250. The summed E-state index contributed by atoms with van der Waals surface area (Å²) in [6.07, 6.45) is 16.4. The third-order valence-corrected chi connectivity index (χ3v) is 9.60. The van der Waals surface area contributed by atoms with Gasteiger partial charge >= 0.3 is 6.01 Å². The second-order valence-electron chi connectivity index (χ2n) is 14.2. The van der Waals surface area contributed by atoms with E-state index in [1.165, 1.54) is 20.0 Å². The van der Waals surface area contributed by atoms with Crippen LogP contribution in [0.3, 0.4) is 0 Å². The molecule has 10 N–H and O–H groups in total. The number of fused-ring (bicyclic) bond motifs is 3. The molecule has 2 atom stereocenters. The molecule has 0 saturated carbocycles. The number of alkyl halides is 1. The van der Waals surface area contributed by atoms with Crippen molar-refractivity contribution in [1.29, 1.82) is 0 Å². The molecule has 0 aromatic carbocycles. The van der Waals surface area contributed by atoms with Crippen molar-refractivity contribution in [3.63, 3.8) is 0 Å². The van der Waals surface area contributed by atoms with Crippen molar-refractivity contribution in [2.75, 3.05) is 66.9 Å². The van der Waals surface area contributed by atoms with E-state index in [1.54, 1.807) is 12.7 Å². The molecule has 0 aliphatic carbocycles. The van der Waals surface area contributed by atoms with Crippen LogP contribution in [0.5, 0.6) is 12.0 Å². The Morgan fingerprint density at radius 3 is 1.87 bits per heavy atom. The number of nitrogen functional groups attached to an aromatic ring is 3. The molecule has 3 radical (unpaired) electrons. The maximum atomic E-state index is 6.00. The van der Waals surface area contributed by atoms with Gasteiger partial charge < -0.3 is 74.8 Å². The van der Waals surface area contributed by atoms with Crippen LogP contribution in [0.4, 0.5) is 23.4 Å². The summed E-state index contributed by atoms with van der Waals surface area (Å²) in [7, 11) is 6.35. The van der Waals surface area contributed by atoms with Crippen molar-refractivity contribution in [2.45, 2.75) is 118 Å². The summed E-state index contributed by atoms with van der Waals surface area (Å²) in [5, 5.41) is 3.35. The third-order valence-electron chi connectivity index (χ3n) is 9.43. The minimum Gasteiger partial charge on any atom is -0.468 e. The van der Waals surface area contributed by atoms with E-state index in [1.807, 2.05) is 31.7 Å². The van der Waals surface area contributed by atoms with E-state index in [9.17, 15) is 0 Å². The second-order valence-corrected chi connectivity index (χ2v) is 15.4. The molecule has 2 unspecified atom stereocenters. The van der Waals surface area contributed by atoms with Crippen LogP contribution >= 0.6 is 56.8 Å². The minimum absolute atomic E-state index is 0. The fraction of sp³-hybridized carbons (Fsp3) is 0.610. The van der Waals surface area contributed by atoms with E-state index >= 15 is 0 Å². The number of halogens is 3. The standard InChI is InChI=1S/C14H22N6O.C10H12ClN5O.C10H15N5O2.C4H11N.CH2BI.CH2I.CH4.V/c1-2-3-7-16-14-18-12(15)11-13(19-14)20(9-17-11)10-6-4-5-8-21-10;11-10-14-8(12)7-9(15-10)16(5-13-7)6-3-1-2-4-17-6;1-3-4-5-17-10-13-7(11)6-8(15-10)14-9(12-6)16-2;1-2-3-4-5;2-1-3;1-2;;/h9-10H,2-8H2,1H3,(H3,15,16,18,19);5-6H,1-4H2,(H2,12,14,15);3-5H2,1-2H3,(H3,11,12,13,14,15);2-5H2,1H3;1H2;1H2;1H4;/q;;;;;-1;;. The predicted molar refractivity (Wildman–Crippen MR) is 283 cm³/mol. The van der Waals surface area contributed by atoms with Gasteiger partial charge in [-0.2, -0.15) is 34.9 Å². The van der Waals surface area contributed by atoms with Crippen molar-refractivity contribution < 1.29 is 37.5 Å². The van der Waals surface area contributed by atoms with E-state index in [2.05, 4.69) is 103 Å². The summed E-state index contributed by atoms with van der Waals surface area (Å²) < 4.78 is 26.4. The van der Waals surface area contributed by atoms with Crippen LogP contribution < -0.4 is 37.7 Å². The minimum atomic E-state index is -0.0286. The molecule has 2 saturated heterocycles. The van der Waals surface area contributed by atoms with Gasteiger partial charge in [-0.1, -0.05) is 70.1 Å². The zero-order valence-electron chi connectivity index (χ0n) is 38.3. The van der Waals surface area contributed by atoms with Crippen molar-refractivity contribution in [3.8, 4) is 12.0 Å². The maximum absolute atomic E-state index is 6.00. The first-order valence-corrected chi connectivity index (χ1v) is 25.1. The van der Waals surface area contributed by atoms with Crippen LogP contribution in [0, 0.1) is 4.93 Å². The van der Waals surface area contributed by atoms with Crippen molar-refractivity contribution in [3.05, 3.63) is 22.9 Å². The summed E-state index contributed by atoms with van der Waals surface area (Å²) >= 11 is 9.77. The molecular formula is C41H68BClI2N17O4V-. The van der Waals surface area contributed by atoms with Crippen LogP contribution in [0.15, 0.2) is 12.7 Å². The Labute approximate surface area is 439 Å². The fourth-order valence-corrected chi connectivity index (χ4v) is 6.33. The Morgan fingerprint density at radius 2 is 1.37 bits per heavy atom. The number of nitrogens with zero attached hydrogens (tertiary/aromatic N) is 11. The average Bonchev–Trinajstić information content (AvgIpc) is 4.07. The number of H-pyrrole nitrogens is 1. The molecule has 0 spiro atoms. The van der Waals surface area contributed by atoms with Gasteiger partial charge in [-0.25, -0.2) is 9.97 Å². The first kappa shape index (κ1) is 61.7. The van der Waals surface area contributed by atoms with Gasteiger partial charge in [0.05, 0.1) is 34.2 Å². The number of methoxy groups -OCH3 is 1. The van der Waals surface area contributed by atoms with Crippen LogP contribution in [0.25, 0.3) is 33.5 Å². The molecule has 2 aliphatic rings. The van der Waals surface area contributed by atoms with Crippen LogP contribution in [-0.4, -0.2) is 111 Å². The van der Waals surface area contributed by atoms with Crippen molar-refractivity contribution in [2.24, 2.45) is 5.73 Å². The van der Waals surface area contributed by atoms with Gasteiger partial charge in [-0.05, 0) is 80.3 Å². The molecule has 67 heavy (non-hydrogen) atoms. The zero-order valence-corrected chi connectivity index (χ0v) is 44.7. The molecule has 21 nitrogen and oxygen atoms in total. The van der Waals surface area contributed by atoms with E-state index in [0.29, 0.717) is 63.9 Å². The van der Waals surface area contributed by atoms with Gasteiger partial charge in [0.25, 0.3) is 6.01 Å². The molecule has 26 heteroatoms. The largest absolute Gasteiger partial charge is 0.468 e. The first-order chi connectivity index (χ1) is 31.6. The first-order valence-electron chi connectivity index (χ1n) is 21.7. The van der Waals surface area contributed by atoms with Gasteiger partial charge in [0, 0.05) is 38.3 Å². The number of rotatable bonds is 13. The number of aromatic nitrogens is 12. The smallest absolute Gasteiger partial charge is 0.320 e. The quantitative estimate of drug-likeness (QED) is 0.0158. The van der Waals surface area contributed by atoms with E-state index in [4.69, 9.17) is 61.3 Å². The number of hydrogen-bond donors (Lipinski definition) is 6. The summed E-state index contributed by atoms with van der Waals surface area (Å²) in [5.74, 6) is 1.58. The Balaban J connectivity index is 0.000000453. The van der Waals surface area contributed by atoms with Crippen LogP contribution in [0.2, 0.25) is 5.28 Å². The molecule has 6 aromatic heterocycles. The third kappa shape index (κ3) is 19.6. The van der Waals surface area contributed by atoms with Crippen LogP contribution in [0.1, 0.15) is 118 Å². The van der Waals surface area contributed by atoms with Crippen molar-refractivity contribution in [1.82, 2.24) is 59.0 Å². The number of nitrogens with two attached hydrogens (primary N) is 4. The van der Waals surface area contributed by atoms with Crippen LogP contribution in [-0.2, 0) is 28.0 Å². The number of aromatic amines is 1.